The number of esters is 2. The van der Waals surface area contributed by atoms with Gasteiger partial charge >= 0.3 is 11.9 Å². The van der Waals surface area contributed by atoms with Gasteiger partial charge < -0.3 is 14.4 Å². The molecule has 0 saturated carbocycles. The predicted octanol–water partition coefficient (Wildman–Crippen LogP) is 6.08. The molecule has 8 heteroatoms. The number of carbonyl (C=O) groups is 2. The van der Waals surface area contributed by atoms with Gasteiger partial charge in [0, 0.05) is 29.2 Å². The number of hydrogen-bond donors (Lipinski definition) is 0. The van der Waals surface area contributed by atoms with Gasteiger partial charge in [0.25, 0.3) is 5.69 Å². The van der Waals surface area contributed by atoms with Crippen LogP contribution in [0.5, 0.6) is 0 Å². The molecule has 39 heavy (non-hydrogen) atoms. The van der Waals surface area contributed by atoms with Crippen molar-refractivity contribution in [3.8, 4) is 0 Å². The van der Waals surface area contributed by atoms with E-state index in [0.717, 1.165) is 5.69 Å². The molecule has 4 rings (SSSR count). The molecule has 0 saturated heterocycles. The van der Waals surface area contributed by atoms with E-state index in [2.05, 4.69) is 0 Å². The number of nitro benzene ring substituents is 1. The third kappa shape index (κ3) is 4.69. The Bertz CT molecular complexity index is 1420. The Morgan fingerprint density at radius 2 is 1.26 bits per heavy atom. The summed E-state index contributed by atoms with van der Waals surface area (Å²) in [6.07, 6.45) is 0. The minimum atomic E-state index is -1.56. The van der Waals surface area contributed by atoms with Crippen LogP contribution >= 0.6 is 0 Å². The van der Waals surface area contributed by atoms with E-state index in [0.29, 0.717) is 22.5 Å². The summed E-state index contributed by atoms with van der Waals surface area (Å²) < 4.78 is 11.2. The summed E-state index contributed by atoms with van der Waals surface area (Å²) in [7, 11) is 0. The molecule has 0 amide bonds. The molecule has 1 aliphatic rings. The van der Waals surface area contributed by atoms with Crippen LogP contribution in [0.25, 0.3) is 0 Å². The average molecular weight is 527 g/mol. The van der Waals surface area contributed by atoms with Gasteiger partial charge in [0.1, 0.15) is 0 Å². The van der Waals surface area contributed by atoms with E-state index >= 15 is 0 Å². The normalized spacial score (nSPS) is 14.7. The van der Waals surface area contributed by atoms with Crippen molar-refractivity contribution in [3.63, 3.8) is 0 Å². The highest BCUT2D eigenvalue weighted by molar-refractivity contribution is 6.05. The highest BCUT2D eigenvalue weighted by Gasteiger charge is 2.54. The van der Waals surface area contributed by atoms with E-state index in [-0.39, 0.29) is 30.0 Å². The Hall–Kier alpha value is -4.72. The maximum atomic E-state index is 14.0. The first-order chi connectivity index (χ1) is 18.8. The van der Waals surface area contributed by atoms with Crippen molar-refractivity contribution in [1.82, 2.24) is 0 Å². The summed E-state index contributed by atoms with van der Waals surface area (Å²) in [5, 5.41) is 11.9. The van der Waals surface area contributed by atoms with Crippen LogP contribution in [0.15, 0.2) is 107 Å². The van der Waals surface area contributed by atoms with Crippen molar-refractivity contribution in [3.05, 3.63) is 129 Å². The first-order valence-electron chi connectivity index (χ1n) is 12.7. The number of allylic oxidation sites excluding steroid dienone is 2. The largest absolute Gasteiger partial charge is 0.463 e. The molecule has 0 N–H and O–H groups in total. The van der Waals surface area contributed by atoms with Gasteiger partial charge in [0.2, 0.25) is 0 Å². The Morgan fingerprint density at radius 1 is 0.769 bits per heavy atom. The SMILES string of the molecule is CCOC(=O)C1=C(C)N(c2ccccc2)C(C)=C(C(=O)OCC)C1(c1ccccc1)c1cccc([N+](=O)[O-])c1. The highest BCUT2D eigenvalue weighted by Crippen LogP contribution is 2.53. The van der Waals surface area contributed by atoms with Crippen LogP contribution in [-0.2, 0) is 24.5 Å². The van der Waals surface area contributed by atoms with E-state index in [1.54, 1.807) is 64.1 Å². The molecule has 200 valence electrons. The van der Waals surface area contributed by atoms with Crippen molar-refractivity contribution in [2.24, 2.45) is 0 Å². The van der Waals surface area contributed by atoms with Crippen LogP contribution in [0.3, 0.4) is 0 Å². The predicted molar refractivity (Wildman–Crippen MR) is 148 cm³/mol. The van der Waals surface area contributed by atoms with Crippen molar-refractivity contribution in [2.75, 3.05) is 18.1 Å². The zero-order valence-corrected chi connectivity index (χ0v) is 22.3. The Balaban J connectivity index is 2.25. The average Bonchev–Trinajstić information content (AvgIpc) is 2.94. The molecule has 0 bridgehead atoms. The second-order valence-corrected chi connectivity index (χ2v) is 8.96. The lowest BCUT2D eigenvalue weighted by Gasteiger charge is -2.46. The lowest BCUT2D eigenvalue weighted by atomic mass is 9.61. The van der Waals surface area contributed by atoms with Crippen LogP contribution in [-0.4, -0.2) is 30.1 Å². The maximum absolute atomic E-state index is 14.0. The maximum Gasteiger partial charge on any atom is 0.337 e. The topological polar surface area (TPSA) is 99.0 Å². The van der Waals surface area contributed by atoms with E-state index in [1.165, 1.54) is 12.1 Å². The van der Waals surface area contributed by atoms with Crippen molar-refractivity contribution >= 4 is 23.3 Å². The van der Waals surface area contributed by atoms with E-state index in [9.17, 15) is 19.7 Å². The van der Waals surface area contributed by atoms with Gasteiger partial charge in [-0.3, -0.25) is 10.1 Å². The van der Waals surface area contributed by atoms with E-state index in [4.69, 9.17) is 9.47 Å². The van der Waals surface area contributed by atoms with Gasteiger partial charge in [-0.15, -0.1) is 0 Å². The molecule has 0 fully saturated rings. The molecule has 0 aliphatic carbocycles. The van der Waals surface area contributed by atoms with E-state index in [1.807, 2.05) is 41.3 Å². The quantitative estimate of drug-likeness (QED) is 0.199. The van der Waals surface area contributed by atoms with Gasteiger partial charge in [0.15, 0.2) is 0 Å². The lowest BCUT2D eigenvalue weighted by molar-refractivity contribution is -0.384. The molecule has 3 aromatic carbocycles. The fourth-order valence-corrected chi connectivity index (χ4v) is 5.40. The molecule has 0 spiro atoms. The standard InChI is InChI=1S/C31H30N2O6/c1-5-38-29(34)27-21(3)32(25-17-11-8-12-18-25)22(4)28(30(35)39-6-2)31(27,23-14-9-7-10-15-23)24-16-13-19-26(20-24)33(36)37/h7-20H,5-6H2,1-4H3. The zero-order valence-electron chi connectivity index (χ0n) is 22.3. The van der Waals surface area contributed by atoms with Gasteiger partial charge in [-0.1, -0.05) is 60.7 Å². The summed E-state index contributed by atoms with van der Waals surface area (Å²) in [5.41, 5.74) is 1.35. The number of para-hydroxylation sites is 1. The molecule has 0 radical (unpaired) electrons. The van der Waals surface area contributed by atoms with Crippen molar-refractivity contribution in [2.45, 2.75) is 33.1 Å². The molecular formula is C31H30N2O6. The van der Waals surface area contributed by atoms with Crippen LogP contribution in [0, 0.1) is 10.1 Å². The molecule has 1 aliphatic heterocycles. The Labute approximate surface area is 227 Å². The molecule has 0 atom stereocenters. The molecule has 1 heterocycles. The molecule has 0 aromatic heterocycles. The number of benzene rings is 3. The first-order valence-corrected chi connectivity index (χ1v) is 12.7. The minimum Gasteiger partial charge on any atom is -0.463 e. The lowest BCUT2D eigenvalue weighted by Crippen LogP contribution is -2.47. The second-order valence-electron chi connectivity index (χ2n) is 8.96. The number of hydrogen-bond acceptors (Lipinski definition) is 7. The fraction of sp³-hybridized carbons (Fsp3) is 0.226. The summed E-state index contributed by atoms with van der Waals surface area (Å²) in [4.78, 5) is 41.2. The Kier molecular flexibility index (Phi) is 7.95. The minimum absolute atomic E-state index is 0.0954. The summed E-state index contributed by atoms with van der Waals surface area (Å²) >= 11 is 0. The monoisotopic (exact) mass is 526 g/mol. The fourth-order valence-electron chi connectivity index (χ4n) is 5.40. The third-order valence-corrected chi connectivity index (χ3v) is 6.81. The van der Waals surface area contributed by atoms with Crippen LogP contribution < -0.4 is 4.90 Å². The highest BCUT2D eigenvalue weighted by atomic mass is 16.6. The van der Waals surface area contributed by atoms with Crippen LogP contribution in [0.4, 0.5) is 11.4 Å². The molecule has 8 nitrogen and oxygen atoms in total. The van der Waals surface area contributed by atoms with Crippen LogP contribution in [0.1, 0.15) is 38.8 Å². The number of nitro groups is 1. The number of anilines is 1. The zero-order chi connectivity index (χ0) is 28.2. The van der Waals surface area contributed by atoms with E-state index < -0.39 is 22.3 Å². The first kappa shape index (κ1) is 27.3. The van der Waals surface area contributed by atoms with Crippen LogP contribution in [0.2, 0.25) is 0 Å². The molecular weight excluding hydrogens is 496 g/mol. The summed E-state index contributed by atoms with van der Waals surface area (Å²) in [6.45, 7) is 7.18. The molecule has 3 aromatic rings. The van der Waals surface area contributed by atoms with Crippen molar-refractivity contribution < 1.29 is 24.0 Å². The van der Waals surface area contributed by atoms with Gasteiger partial charge in [-0.25, -0.2) is 9.59 Å². The van der Waals surface area contributed by atoms with Crippen molar-refractivity contribution in [1.29, 1.82) is 0 Å². The number of rotatable bonds is 8. The smallest absolute Gasteiger partial charge is 0.337 e. The molecule has 0 unspecified atom stereocenters. The summed E-state index contributed by atoms with van der Waals surface area (Å²) in [6, 6.07) is 24.4. The third-order valence-electron chi connectivity index (χ3n) is 6.81. The van der Waals surface area contributed by atoms with Gasteiger partial charge in [-0.05, 0) is 51.0 Å². The number of non-ortho nitro benzene ring substituents is 1. The number of ether oxygens (including phenoxy) is 2. The number of carbonyl (C=O) groups excluding carboxylic acids is 2. The number of nitrogens with zero attached hydrogens (tertiary/aromatic N) is 2. The summed E-state index contributed by atoms with van der Waals surface area (Å²) in [5.74, 6) is -1.28. The van der Waals surface area contributed by atoms with Gasteiger partial charge in [-0.2, -0.15) is 0 Å². The second kappa shape index (κ2) is 11.3. The van der Waals surface area contributed by atoms with Gasteiger partial charge in [0.05, 0.1) is 34.7 Å². The Morgan fingerprint density at radius 3 is 1.74 bits per heavy atom.